The molecular weight excluding hydrogens is 164 g/mol. The van der Waals surface area contributed by atoms with E-state index in [1.165, 1.54) is 0 Å². The summed E-state index contributed by atoms with van der Waals surface area (Å²) in [4.78, 5) is 4.35. The smallest absolute Gasteiger partial charge is 0.0968 e. The molecule has 3 heteroatoms. The minimum atomic E-state index is -0.219. The first-order chi connectivity index (χ1) is 6.08. The highest BCUT2D eigenvalue weighted by Gasteiger charge is 2.28. The van der Waals surface area contributed by atoms with Gasteiger partial charge in [-0.2, -0.15) is 0 Å². The summed E-state index contributed by atoms with van der Waals surface area (Å²) in [6.45, 7) is 7.35. The average Bonchev–Trinajstić information content (AvgIpc) is 2.56. The predicted octanol–water partition coefficient (Wildman–Crippen LogP) is 1.18. The van der Waals surface area contributed by atoms with Crippen LogP contribution in [0.3, 0.4) is 0 Å². The zero-order chi connectivity index (χ0) is 9.90. The van der Waals surface area contributed by atoms with Crippen LogP contribution in [-0.2, 0) is 0 Å². The van der Waals surface area contributed by atoms with Crippen LogP contribution in [0.2, 0.25) is 0 Å². The van der Waals surface area contributed by atoms with E-state index in [1.54, 1.807) is 0 Å². The van der Waals surface area contributed by atoms with Gasteiger partial charge in [-0.15, -0.1) is 0 Å². The summed E-state index contributed by atoms with van der Waals surface area (Å²) in [6, 6.07) is 0. The van der Waals surface area contributed by atoms with Crippen LogP contribution in [0.4, 0.5) is 0 Å². The van der Waals surface area contributed by atoms with Crippen molar-refractivity contribution in [1.29, 1.82) is 0 Å². The molecule has 1 heterocycles. The lowest BCUT2D eigenvalue weighted by atomic mass is 9.89. The first kappa shape index (κ1) is 10.5. The van der Waals surface area contributed by atoms with Crippen LogP contribution in [0, 0.1) is 5.92 Å². The highest BCUT2D eigenvalue weighted by molar-refractivity contribution is 5.84. The fourth-order valence-electron chi connectivity index (χ4n) is 1.34. The zero-order valence-corrected chi connectivity index (χ0v) is 8.80. The molecular formula is C10H20N2O. The standard InChI is InChI=1S/C10H20N2O/c1-8(2)10(3,7-13)12-9-5-4-6-11-9/h8,13H,4-7H2,1-3H3,(H,11,12). The maximum Gasteiger partial charge on any atom is 0.0968 e. The van der Waals surface area contributed by atoms with Crippen molar-refractivity contribution in [3.8, 4) is 0 Å². The van der Waals surface area contributed by atoms with Gasteiger partial charge in [-0.05, 0) is 19.3 Å². The molecule has 0 saturated heterocycles. The maximum absolute atomic E-state index is 9.30. The normalized spacial score (nSPS) is 21.5. The minimum absolute atomic E-state index is 0.156. The molecule has 0 amide bonds. The third kappa shape index (κ3) is 2.44. The fourth-order valence-corrected chi connectivity index (χ4v) is 1.34. The van der Waals surface area contributed by atoms with E-state index in [0.29, 0.717) is 5.92 Å². The number of rotatable bonds is 3. The van der Waals surface area contributed by atoms with Gasteiger partial charge >= 0.3 is 0 Å². The van der Waals surface area contributed by atoms with Gasteiger partial charge in [0.1, 0.15) is 0 Å². The molecule has 0 bridgehead atoms. The lowest BCUT2D eigenvalue weighted by Gasteiger charge is -2.33. The van der Waals surface area contributed by atoms with Gasteiger partial charge in [0.05, 0.1) is 18.0 Å². The van der Waals surface area contributed by atoms with Gasteiger partial charge in [-0.1, -0.05) is 13.8 Å². The summed E-state index contributed by atoms with van der Waals surface area (Å²) in [6.07, 6.45) is 2.17. The molecule has 0 aromatic heterocycles. The fraction of sp³-hybridized carbons (Fsp3) is 0.900. The number of hydrogen-bond acceptors (Lipinski definition) is 3. The molecule has 2 N–H and O–H groups in total. The molecule has 1 unspecified atom stereocenters. The molecule has 0 aromatic rings. The van der Waals surface area contributed by atoms with Gasteiger partial charge in [0, 0.05) is 13.0 Å². The van der Waals surface area contributed by atoms with Crippen molar-refractivity contribution in [1.82, 2.24) is 5.32 Å². The third-order valence-electron chi connectivity index (χ3n) is 2.91. The quantitative estimate of drug-likeness (QED) is 0.691. The topological polar surface area (TPSA) is 44.6 Å². The van der Waals surface area contributed by atoms with Gasteiger partial charge in [0.2, 0.25) is 0 Å². The second-order valence-electron chi connectivity index (χ2n) is 4.29. The van der Waals surface area contributed by atoms with Gasteiger partial charge in [0.25, 0.3) is 0 Å². The van der Waals surface area contributed by atoms with Gasteiger partial charge in [0.15, 0.2) is 0 Å². The summed E-state index contributed by atoms with van der Waals surface area (Å²) < 4.78 is 0. The highest BCUT2D eigenvalue weighted by atomic mass is 16.3. The van der Waals surface area contributed by atoms with E-state index in [1.807, 2.05) is 6.92 Å². The van der Waals surface area contributed by atoms with Gasteiger partial charge in [-0.3, -0.25) is 4.99 Å². The van der Waals surface area contributed by atoms with Crippen LogP contribution >= 0.6 is 0 Å². The minimum Gasteiger partial charge on any atom is -0.394 e. The number of aliphatic imine (C=N–C) groups is 1. The zero-order valence-electron chi connectivity index (χ0n) is 8.80. The van der Waals surface area contributed by atoms with Crippen molar-refractivity contribution in [2.24, 2.45) is 10.9 Å². The Balaban J connectivity index is 2.57. The predicted molar refractivity (Wildman–Crippen MR) is 55.0 cm³/mol. The van der Waals surface area contributed by atoms with Crippen molar-refractivity contribution >= 4 is 5.84 Å². The van der Waals surface area contributed by atoms with Crippen molar-refractivity contribution in [2.75, 3.05) is 13.2 Å². The Kier molecular flexibility index (Phi) is 3.31. The molecule has 0 aromatic carbocycles. The molecule has 1 aliphatic heterocycles. The van der Waals surface area contributed by atoms with Crippen LogP contribution in [0.15, 0.2) is 4.99 Å². The molecule has 0 fully saturated rings. The number of nitrogens with zero attached hydrogens (tertiary/aromatic N) is 1. The van der Waals surface area contributed by atoms with E-state index in [-0.39, 0.29) is 12.1 Å². The number of aliphatic hydroxyl groups excluding tert-OH is 1. The summed E-state index contributed by atoms with van der Waals surface area (Å²) in [5.74, 6) is 1.46. The Bertz CT molecular complexity index is 201. The largest absolute Gasteiger partial charge is 0.394 e. The lowest BCUT2D eigenvalue weighted by molar-refractivity contribution is 0.151. The second kappa shape index (κ2) is 4.09. The molecule has 0 spiro atoms. The van der Waals surface area contributed by atoms with Crippen LogP contribution < -0.4 is 5.32 Å². The van der Waals surface area contributed by atoms with Gasteiger partial charge in [-0.25, -0.2) is 0 Å². The Hall–Kier alpha value is -0.570. The number of amidine groups is 1. The Morgan fingerprint density at radius 2 is 2.31 bits per heavy atom. The average molecular weight is 184 g/mol. The van der Waals surface area contributed by atoms with E-state index in [0.717, 1.165) is 25.2 Å². The monoisotopic (exact) mass is 184 g/mol. The Labute approximate surface area is 80.3 Å². The summed E-state index contributed by atoms with van der Waals surface area (Å²) in [5.41, 5.74) is -0.219. The Morgan fingerprint density at radius 3 is 2.69 bits per heavy atom. The maximum atomic E-state index is 9.30. The van der Waals surface area contributed by atoms with E-state index in [9.17, 15) is 5.11 Å². The molecule has 1 atom stereocenters. The SMILES string of the molecule is CC(C)C(C)(CO)NC1=NCCC1. The number of nitrogens with one attached hydrogen (secondary N) is 1. The van der Waals surface area contributed by atoms with E-state index in [2.05, 4.69) is 24.2 Å². The summed E-state index contributed by atoms with van der Waals surface area (Å²) >= 11 is 0. The summed E-state index contributed by atoms with van der Waals surface area (Å²) in [5, 5.41) is 12.6. The molecule has 13 heavy (non-hydrogen) atoms. The molecule has 0 aliphatic carbocycles. The lowest BCUT2D eigenvalue weighted by Crippen LogP contribution is -2.52. The van der Waals surface area contributed by atoms with Crippen LogP contribution in [0.25, 0.3) is 0 Å². The van der Waals surface area contributed by atoms with E-state index >= 15 is 0 Å². The van der Waals surface area contributed by atoms with Gasteiger partial charge < -0.3 is 10.4 Å². The van der Waals surface area contributed by atoms with Crippen LogP contribution in [0.5, 0.6) is 0 Å². The van der Waals surface area contributed by atoms with Crippen LogP contribution in [-0.4, -0.2) is 29.6 Å². The number of aliphatic hydroxyl groups is 1. The number of hydrogen-bond donors (Lipinski definition) is 2. The summed E-state index contributed by atoms with van der Waals surface area (Å²) in [7, 11) is 0. The van der Waals surface area contributed by atoms with Crippen LogP contribution in [0.1, 0.15) is 33.6 Å². The van der Waals surface area contributed by atoms with E-state index in [4.69, 9.17) is 0 Å². The molecule has 0 saturated carbocycles. The first-order valence-electron chi connectivity index (χ1n) is 5.01. The highest BCUT2D eigenvalue weighted by Crippen LogP contribution is 2.17. The molecule has 3 nitrogen and oxygen atoms in total. The van der Waals surface area contributed by atoms with Crippen molar-refractivity contribution in [2.45, 2.75) is 39.2 Å². The van der Waals surface area contributed by atoms with Crippen molar-refractivity contribution in [3.63, 3.8) is 0 Å². The van der Waals surface area contributed by atoms with Crippen molar-refractivity contribution < 1.29 is 5.11 Å². The second-order valence-corrected chi connectivity index (χ2v) is 4.29. The Morgan fingerprint density at radius 1 is 1.62 bits per heavy atom. The van der Waals surface area contributed by atoms with Crippen molar-refractivity contribution in [3.05, 3.63) is 0 Å². The molecule has 1 rings (SSSR count). The molecule has 76 valence electrons. The third-order valence-corrected chi connectivity index (χ3v) is 2.91. The first-order valence-corrected chi connectivity index (χ1v) is 5.01. The molecule has 1 aliphatic rings. The molecule has 0 radical (unpaired) electrons. The van der Waals surface area contributed by atoms with E-state index < -0.39 is 0 Å².